The Labute approximate surface area is 168 Å². The maximum Gasteiger partial charge on any atom is 0.416 e. The summed E-state index contributed by atoms with van der Waals surface area (Å²) < 4.78 is 41.2. The molecule has 2 aromatic heterocycles. The molecule has 0 spiro atoms. The molecule has 2 N–H and O–H groups in total. The van der Waals surface area contributed by atoms with E-state index >= 15 is 0 Å². The van der Waals surface area contributed by atoms with Gasteiger partial charge in [-0.25, -0.2) is 4.98 Å². The second-order valence-corrected chi connectivity index (χ2v) is 6.50. The van der Waals surface area contributed by atoms with Crippen molar-refractivity contribution in [2.45, 2.75) is 52.3 Å². The van der Waals surface area contributed by atoms with Gasteiger partial charge in [0.05, 0.1) is 17.5 Å². The smallest absolute Gasteiger partial charge is 0.382 e. The number of rotatable bonds is 4. The van der Waals surface area contributed by atoms with Crippen LogP contribution in [0.3, 0.4) is 0 Å². The van der Waals surface area contributed by atoms with Gasteiger partial charge >= 0.3 is 6.18 Å². The lowest BCUT2D eigenvalue weighted by atomic mass is 10.0. The van der Waals surface area contributed by atoms with Crippen LogP contribution >= 0.6 is 0 Å². The number of fused-ring (bicyclic) bond motifs is 1. The van der Waals surface area contributed by atoms with Crippen LogP contribution in [0.1, 0.15) is 44.5 Å². The summed E-state index contributed by atoms with van der Waals surface area (Å²) in [5.74, 6) is 0.461. The van der Waals surface area contributed by atoms with Crippen LogP contribution in [0.2, 0.25) is 0 Å². The Bertz CT molecular complexity index is 841. The average Bonchev–Trinajstić information content (AvgIpc) is 3.11. The molecule has 0 aromatic carbocycles. The fourth-order valence-corrected chi connectivity index (χ4v) is 2.90. The summed E-state index contributed by atoms with van der Waals surface area (Å²) in [6.45, 7) is 4.33. The van der Waals surface area contributed by atoms with Gasteiger partial charge in [-0.05, 0) is 44.7 Å². The van der Waals surface area contributed by atoms with Crippen molar-refractivity contribution in [2.24, 2.45) is 0 Å². The quantitative estimate of drug-likeness (QED) is 0.716. The van der Waals surface area contributed by atoms with Crippen molar-refractivity contribution in [1.82, 2.24) is 19.7 Å². The van der Waals surface area contributed by atoms with E-state index in [-0.39, 0.29) is 0 Å². The van der Waals surface area contributed by atoms with Gasteiger partial charge in [-0.1, -0.05) is 25.2 Å². The van der Waals surface area contributed by atoms with E-state index in [0.29, 0.717) is 23.5 Å². The number of allylic oxidation sites excluding steroid dienone is 6. The first-order chi connectivity index (χ1) is 13.8. The van der Waals surface area contributed by atoms with Crippen LogP contribution in [0.25, 0.3) is 5.57 Å². The van der Waals surface area contributed by atoms with Gasteiger partial charge in [-0.2, -0.15) is 18.3 Å². The van der Waals surface area contributed by atoms with Crippen LogP contribution < -0.4 is 5.73 Å². The molecule has 0 fully saturated rings. The van der Waals surface area contributed by atoms with E-state index < -0.39 is 11.7 Å². The van der Waals surface area contributed by atoms with Crippen LogP contribution in [-0.2, 0) is 13.0 Å². The summed E-state index contributed by atoms with van der Waals surface area (Å²) in [7, 11) is 0. The van der Waals surface area contributed by atoms with E-state index in [1.54, 1.807) is 38.4 Å². The molecule has 0 bridgehead atoms. The summed E-state index contributed by atoms with van der Waals surface area (Å²) in [5.41, 5.74) is 6.78. The van der Waals surface area contributed by atoms with E-state index in [1.165, 1.54) is 18.3 Å². The summed E-state index contributed by atoms with van der Waals surface area (Å²) >= 11 is 0. The van der Waals surface area contributed by atoms with Crippen LogP contribution in [0.5, 0.6) is 0 Å². The molecule has 3 heterocycles. The number of alkyl halides is 3. The van der Waals surface area contributed by atoms with Gasteiger partial charge < -0.3 is 5.73 Å². The lowest BCUT2D eigenvalue weighted by Gasteiger charge is -2.11. The van der Waals surface area contributed by atoms with Crippen molar-refractivity contribution in [3.8, 4) is 0 Å². The number of aryl methyl sites for hydroxylation is 2. The first-order valence-electron chi connectivity index (χ1n) is 9.55. The SMILES string of the molecule is C\C=C/C(=C\C(=C\CC)C(F)(F)F)c1cc2n(n1)CCCC2.Nc1cnccn1. The number of nitrogens with two attached hydrogens (primary N) is 1. The Morgan fingerprint density at radius 2 is 2.07 bits per heavy atom. The third kappa shape index (κ3) is 6.89. The van der Waals surface area contributed by atoms with Gasteiger partial charge in [0.15, 0.2) is 0 Å². The largest absolute Gasteiger partial charge is 0.416 e. The number of nitrogens with zero attached hydrogens (tertiary/aromatic N) is 4. The highest BCUT2D eigenvalue weighted by Gasteiger charge is 2.32. The van der Waals surface area contributed by atoms with Crippen LogP contribution in [0.15, 0.2) is 54.5 Å². The van der Waals surface area contributed by atoms with Gasteiger partial charge in [0.2, 0.25) is 0 Å². The fraction of sp³-hybridized carbons (Fsp3) is 0.381. The molecule has 0 saturated heterocycles. The first-order valence-corrected chi connectivity index (χ1v) is 9.55. The highest BCUT2D eigenvalue weighted by Crippen LogP contribution is 2.30. The van der Waals surface area contributed by atoms with E-state index in [9.17, 15) is 13.2 Å². The normalized spacial score (nSPS) is 15.1. The second kappa shape index (κ2) is 10.6. The Balaban J connectivity index is 0.000000360. The third-order valence-electron chi connectivity index (χ3n) is 4.20. The van der Waals surface area contributed by atoms with Crippen LogP contribution in [0, 0.1) is 0 Å². The predicted molar refractivity (Wildman–Crippen MR) is 109 cm³/mol. The van der Waals surface area contributed by atoms with Gasteiger partial charge in [-0.3, -0.25) is 9.67 Å². The standard InChI is InChI=1S/C17H21F3N2.C4H5N3/c1-3-7-13(11-14(8-4-2)17(18,19)20)16-12-15-9-5-6-10-22(15)21-16;5-4-3-6-1-2-7-4/h3,7-8,11-12H,4-6,9-10H2,1-2H3;1-3H,(H2,5,7)/b7-3-,13-11+,14-8-;. The van der Waals surface area contributed by atoms with Crippen molar-refractivity contribution in [3.05, 3.63) is 65.9 Å². The van der Waals surface area contributed by atoms with Gasteiger partial charge in [-0.15, -0.1) is 0 Å². The van der Waals surface area contributed by atoms with Crippen molar-refractivity contribution < 1.29 is 13.2 Å². The van der Waals surface area contributed by atoms with Gasteiger partial charge in [0.1, 0.15) is 5.82 Å². The minimum atomic E-state index is -4.35. The van der Waals surface area contributed by atoms with Crippen molar-refractivity contribution in [3.63, 3.8) is 0 Å². The zero-order valence-corrected chi connectivity index (χ0v) is 16.7. The molecule has 0 atom stereocenters. The van der Waals surface area contributed by atoms with E-state index in [2.05, 4.69) is 15.1 Å². The molecule has 5 nitrogen and oxygen atoms in total. The van der Waals surface area contributed by atoms with Crippen LogP contribution in [0.4, 0.5) is 19.0 Å². The number of hydrogen-bond donors (Lipinski definition) is 1. The molecule has 0 unspecified atom stereocenters. The van der Waals surface area contributed by atoms with Gasteiger partial charge in [0.25, 0.3) is 0 Å². The molecule has 3 rings (SSSR count). The minimum absolute atomic E-state index is 0.341. The molecule has 0 amide bonds. The molecule has 0 saturated carbocycles. The highest BCUT2D eigenvalue weighted by molar-refractivity contribution is 5.74. The maximum absolute atomic E-state index is 13.1. The fourth-order valence-electron chi connectivity index (χ4n) is 2.90. The summed E-state index contributed by atoms with van der Waals surface area (Å²) in [6.07, 6.45) is 9.57. The van der Waals surface area contributed by atoms with Crippen molar-refractivity contribution in [2.75, 3.05) is 5.73 Å². The molecule has 2 aromatic rings. The summed E-state index contributed by atoms with van der Waals surface area (Å²) in [6, 6.07) is 1.91. The molecule has 29 heavy (non-hydrogen) atoms. The minimum Gasteiger partial charge on any atom is -0.382 e. The predicted octanol–water partition coefficient (Wildman–Crippen LogP) is 5.14. The lowest BCUT2D eigenvalue weighted by molar-refractivity contribution is -0.0883. The van der Waals surface area contributed by atoms with Crippen LogP contribution in [-0.4, -0.2) is 25.9 Å². The monoisotopic (exact) mass is 405 g/mol. The topological polar surface area (TPSA) is 69.6 Å². The summed E-state index contributed by atoms with van der Waals surface area (Å²) in [4.78, 5) is 7.39. The number of aromatic nitrogens is 4. The molecular weight excluding hydrogens is 379 g/mol. The Morgan fingerprint density at radius 1 is 1.28 bits per heavy atom. The molecule has 1 aliphatic heterocycles. The third-order valence-corrected chi connectivity index (χ3v) is 4.20. The Morgan fingerprint density at radius 3 is 2.59 bits per heavy atom. The molecule has 0 aliphatic carbocycles. The molecule has 8 heteroatoms. The highest BCUT2D eigenvalue weighted by atomic mass is 19.4. The van der Waals surface area contributed by atoms with E-state index in [0.717, 1.165) is 31.5 Å². The zero-order chi connectivity index (χ0) is 21.3. The second-order valence-electron chi connectivity index (χ2n) is 6.50. The molecule has 0 radical (unpaired) electrons. The number of nitrogen functional groups attached to an aromatic ring is 1. The molecular formula is C21H26F3N5. The molecule has 156 valence electrons. The Kier molecular flexibility index (Phi) is 8.18. The van der Waals surface area contributed by atoms with E-state index in [4.69, 9.17) is 5.73 Å². The Hall–Kier alpha value is -2.90. The first kappa shape index (κ1) is 22.4. The van der Waals surface area contributed by atoms with Gasteiger partial charge in [0, 0.05) is 30.2 Å². The number of halogens is 3. The van der Waals surface area contributed by atoms with E-state index in [1.807, 2.05) is 10.7 Å². The number of anilines is 1. The number of hydrogen-bond acceptors (Lipinski definition) is 4. The molecule has 1 aliphatic rings. The summed E-state index contributed by atoms with van der Waals surface area (Å²) in [5, 5.41) is 4.47. The van der Waals surface area contributed by atoms with Crippen molar-refractivity contribution in [1.29, 1.82) is 0 Å². The zero-order valence-electron chi connectivity index (χ0n) is 16.7. The maximum atomic E-state index is 13.1. The van der Waals surface area contributed by atoms with Crippen molar-refractivity contribution >= 4 is 11.4 Å². The lowest BCUT2D eigenvalue weighted by Crippen LogP contribution is -2.11. The average molecular weight is 405 g/mol.